The summed E-state index contributed by atoms with van der Waals surface area (Å²) in [5.41, 5.74) is 1.26. The van der Waals surface area contributed by atoms with Crippen LogP contribution in [0.1, 0.15) is 24.4 Å². The van der Waals surface area contributed by atoms with Gasteiger partial charge in [0.25, 0.3) is 0 Å². The predicted octanol–water partition coefficient (Wildman–Crippen LogP) is 2.47. The molecule has 18 heavy (non-hydrogen) atoms. The fourth-order valence-electron chi connectivity index (χ4n) is 1.97. The first-order valence-electron chi connectivity index (χ1n) is 6.02. The van der Waals surface area contributed by atoms with Crippen molar-refractivity contribution in [3.05, 3.63) is 46.5 Å². The van der Waals surface area contributed by atoms with Gasteiger partial charge in [-0.25, -0.2) is 4.98 Å². The molecule has 96 valence electrons. The molecule has 0 saturated heterocycles. The second kappa shape index (κ2) is 6.11. The van der Waals surface area contributed by atoms with Gasteiger partial charge in [0.15, 0.2) is 0 Å². The van der Waals surface area contributed by atoms with Crippen molar-refractivity contribution >= 4 is 15.9 Å². The average Bonchev–Trinajstić information content (AvgIpc) is 2.74. The molecule has 0 spiro atoms. The molecule has 5 heteroatoms. The fourth-order valence-corrected chi connectivity index (χ4v) is 2.38. The van der Waals surface area contributed by atoms with E-state index in [0.29, 0.717) is 0 Å². The summed E-state index contributed by atoms with van der Waals surface area (Å²) in [6.45, 7) is 3.04. The van der Waals surface area contributed by atoms with Gasteiger partial charge in [-0.2, -0.15) is 5.10 Å². The van der Waals surface area contributed by atoms with Gasteiger partial charge in [0.1, 0.15) is 12.2 Å². The van der Waals surface area contributed by atoms with E-state index >= 15 is 0 Å². The van der Waals surface area contributed by atoms with Crippen molar-refractivity contribution in [1.82, 2.24) is 20.1 Å². The van der Waals surface area contributed by atoms with Crippen LogP contribution in [0, 0.1) is 0 Å². The van der Waals surface area contributed by atoms with Gasteiger partial charge >= 0.3 is 0 Å². The molecule has 0 bridgehead atoms. The zero-order chi connectivity index (χ0) is 13.0. The second-order valence-corrected chi connectivity index (χ2v) is 5.08. The molecule has 4 nitrogen and oxygen atoms in total. The van der Waals surface area contributed by atoms with Gasteiger partial charge in [0.2, 0.25) is 0 Å². The minimum atomic E-state index is 0.260. The Morgan fingerprint density at radius 3 is 2.89 bits per heavy atom. The van der Waals surface area contributed by atoms with Crippen LogP contribution in [0.2, 0.25) is 0 Å². The number of hydrogen-bond acceptors (Lipinski definition) is 3. The van der Waals surface area contributed by atoms with Gasteiger partial charge in [-0.05, 0) is 24.2 Å². The number of aromatic nitrogens is 3. The van der Waals surface area contributed by atoms with Gasteiger partial charge in [-0.1, -0.05) is 35.0 Å². The summed E-state index contributed by atoms with van der Waals surface area (Å²) in [7, 11) is 1.92. The van der Waals surface area contributed by atoms with Gasteiger partial charge in [0, 0.05) is 24.0 Å². The SMILES string of the molecule is CCNC(Cc1ncnn1C)c1cccc(Br)c1. The van der Waals surface area contributed by atoms with Crippen molar-refractivity contribution in [2.75, 3.05) is 6.54 Å². The number of rotatable bonds is 5. The largest absolute Gasteiger partial charge is 0.310 e. The van der Waals surface area contributed by atoms with Crippen molar-refractivity contribution in [3.8, 4) is 0 Å². The molecule has 1 N–H and O–H groups in total. The Morgan fingerprint density at radius 1 is 1.44 bits per heavy atom. The summed E-state index contributed by atoms with van der Waals surface area (Å²) in [6.07, 6.45) is 2.43. The number of nitrogens with one attached hydrogen (secondary N) is 1. The zero-order valence-corrected chi connectivity index (χ0v) is 12.2. The molecule has 0 aliphatic rings. The molecule has 1 heterocycles. The van der Waals surface area contributed by atoms with E-state index in [0.717, 1.165) is 23.3 Å². The lowest BCUT2D eigenvalue weighted by Crippen LogP contribution is -2.24. The van der Waals surface area contributed by atoms with E-state index in [4.69, 9.17) is 0 Å². The molecule has 0 aliphatic carbocycles. The number of nitrogens with zero attached hydrogens (tertiary/aromatic N) is 3. The van der Waals surface area contributed by atoms with Crippen LogP contribution >= 0.6 is 15.9 Å². The maximum Gasteiger partial charge on any atom is 0.138 e. The average molecular weight is 309 g/mol. The Morgan fingerprint density at radius 2 is 2.28 bits per heavy atom. The highest BCUT2D eigenvalue weighted by Crippen LogP contribution is 2.20. The normalized spacial score (nSPS) is 12.6. The third-order valence-electron chi connectivity index (χ3n) is 2.89. The molecule has 2 rings (SSSR count). The van der Waals surface area contributed by atoms with Crippen LogP contribution in [0.3, 0.4) is 0 Å². The summed E-state index contributed by atoms with van der Waals surface area (Å²) in [4.78, 5) is 4.29. The third kappa shape index (κ3) is 3.17. The molecular weight excluding hydrogens is 292 g/mol. The van der Waals surface area contributed by atoms with E-state index < -0.39 is 0 Å². The number of halogens is 1. The summed E-state index contributed by atoms with van der Waals surface area (Å²) in [5.74, 6) is 0.987. The molecule has 0 fully saturated rings. The Kier molecular flexibility index (Phi) is 4.49. The van der Waals surface area contributed by atoms with Gasteiger partial charge in [-0.3, -0.25) is 4.68 Å². The number of likely N-dealkylation sites (N-methyl/N-ethyl adjacent to an activating group) is 1. The van der Waals surface area contributed by atoms with Crippen molar-refractivity contribution < 1.29 is 0 Å². The lowest BCUT2D eigenvalue weighted by atomic mass is 10.0. The monoisotopic (exact) mass is 308 g/mol. The molecule has 2 aromatic rings. The molecule has 1 aromatic heterocycles. The predicted molar refractivity (Wildman–Crippen MR) is 75.3 cm³/mol. The summed E-state index contributed by atoms with van der Waals surface area (Å²) >= 11 is 3.51. The molecular formula is C13H17BrN4. The van der Waals surface area contributed by atoms with Crippen LogP contribution in [-0.2, 0) is 13.5 Å². The van der Waals surface area contributed by atoms with Crippen molar-refractivity contribution in [3.63, 3.8) is 0 Å². The van der Waals surface area contributed by atoms with Crippen molar-refractivity contribution in [1.29, 1.82) is 0 Å². The van der Waals surface area contributed by atoms with Crippen molar-refractivity contribution in [2.24, 2.45) is 7.05 Å². The molecule has 0 radical (unpaired) electrons. The van der Waals surface area contributed by atoms with Gasteiger partial charge in [-0.15, -0.1) is 0 Å². The minimum Gasteiger partial charge on any atom is -0.310 e. The molecule has 1 atom stereocenters. The molecule has 0 saturated carbocycles. The summed E-state index contributed by atoms with van der Waals surface area (Å²) in [6, 6.07) is 8.63. The maximum atomic E-state index is 4.29. The first kappa shape index (κ1) is 13.2. The molecule has 1 unspecified atom stereocenters. The number of benzene rings is 1. The van der Waals surface area contributed by atoms with Crippen molar-refractivity contribution in [2.45, 2.75) is 19.4 Å². The van der Waals surface area contributed by atoms with Crippen LogP contribution in [0.4, 0.5) is 0 Å². The molecule has 0 aliphatic heterocycles. The standard InChI is InChI=1S/C13H17BrN4/c1-3-15-12(8-13-16-9-17-18(13)2)10-5-4-6-11(14)7-10/h4-7,9,12,15H,3,8H2,1-2H3. The van der Waals surface area contributed by atoms with E-state index in [9.17, 15) is 0 Å². The lowest BCUT2D eigenvalue weighted by Gasteiger charge is -2.18. The first-order valence-corrected chi connectivity index (χ1v) is 6.81. The van der Waals surface area contributed by atoms with E-state index in [1.807, 2.05) is 17.8 Å². The topological polar surface area (TPSA) is 42.7 Å². The Hall–Kier alpha value is -1.20. The van der Waals surface area contributed by atoms with Gasteiger partial charge in [0.05, 0.1) is 0 Å². The third-order valence-corrected chi connectivity index (χ3v) is 3.39. The Balaban J connectivity index is 2.20. The number of aryl methyl sites for hydroxylation is 1. The lowest BCUT2D eigenvalue weighted by molar-refractivity contribution is 0.522. The molecule has 1 aromatic carbocycles. The quantitative estimate of drug-likeness (QED) is 0.922. The fraction of sp³-hybridized carbons (Fsp3) is 0.385. The maximum absolute atomic E-state index is 4.29. The van der Waals surface area contributed by atoms with Crippen LogP contribution in [-0.4, -0.2) is 21.3 Å². The second-order valence-electron chi connectivity index (χ2n) is 4.17. The summed E-state index contributed by atoms with van der Waals surface area (Å²) < 4.78 is 2.92. The van der Waals surface area contributed by atoms with E-state index in [2.05, 4.69) is 56.5 Å². The first-order chi connectivity index (χ1) is 8.70. The van der Waals surface area contributed by atoms with E-state index in [1.54, 1.807) is 6.33 Å². The minimum absolute atomic E-state index is 0.260. The van der Waals surface area contributed by atoms with E-state index in [1.165, 1.54) is 5.56 Å². The molecule has 0 amide bonds. The van der Waals surface area contributed by atoms with E-state index in [-0.39, 0.29) is 6.04 Å². The Bertz CT molecular complexity index is 509. The van der Waals surface area contributed by atoms with Gasteiger partial charge < -0.3 is 5.32 Å². The highest BCUT2D eigenvalue weighted by Gasteiger charge is 2.14. The smallest absolute Gasteiger partial charge is 0.138 e. The van der Waals surface area contributed by atoms with Crippen LogP contribution in [0.5, 0.6) is 0 Å². The van der Waals surface area contributed by atoms with Crippen LogP contribution in [0.25, 0.3) is 0 Å². The van der Waals surface area contributed by atoms with Crippen LogP contribution < -0.4 is 5.32 Å². The Labute approximate surface area is 116 Å². The highest BCUT2D eigenvalue weighted by molar-refractivity contribution is 9.10. The summed E-state index contributed by atoms with van der Waals surface area (Å²) in [5, 5.41) is 7.60. The number of hydrogen-bond donors (Lipinski definition) is 1. The highest BCUT2D eigenvalue weighted by atomic mass is 79.9. The van der Waals surface area contributed by atoms with Crippen LogP contribution in [0.15, 0.2) is 35.1 Å². The zero-order valence-electron chi connectivity index (χ0n) is 10.6.